The topological polar surface area (TPSA) is 72.2 Å². The number of nitro benzene ring substituents is 1. The quantitative estimate of drug-likeness (QED) is 0.697. The van der Waals surface area contributed by atoms with Gasteiger partial charge in [0.1, 0.15) is 0 Å². The van der Waals surface area contributed by atoms with Gasteiger partial charge in [0, 0.05) is 17.7 Å². The van der Waals surface area contributed by atoms with Crippen LogP contribution < -0.4 is 5.32 Å². The highest BCUT2D eigenvalue weighted by Gasteiger charge is 2.22. The third kappa shape index (κ3) is 2.83. The van der Waals surface area contributed by atoms with Gasteiger partial charge in [-0.2, -0.15) is 0 Å². The number of carbonyl (C=O) groups excluding carboxylic acids is 1. The molecule has 3 rings (SSSR count). The number of carbonyl (C=O) groups is 1. The summed E-state index contributed by atoms with van der Waals surface area (Å²) < 4.78 is 0. The van der Waals surface area contributed by atoms with Crippen LogP contribution >= 0.6 is 0 Å². The lowest BCUT2D eigenvalue weighted by atomic mass is 9.87. The summed E-state index contributed by atoms with van der Waals surface area (Å²) in [5, 5.41) is 13.7. The molecule has 0 saturated carbocycles. The van der Waals surface area contributed by atoms with E-state index < -0.39 is 4.92 Å². The maximum Gasteiger partial charge on any atom is 0.269 e. The van der Waals surface area contributed by atoms with Gasteiger partial charge in [-0.1, -0.05) is 24.3 Å². The van der Waals surface area contributed by atoms with Gasteiger partial charge >= 0.3 is 0 Å². The van der Waals surface area contributed by atoms with Gasteiger partial charge in [0.15, 0.2) is 0 Å². The second-order valence-corrected chi connectivity index (χ2v) is 5.42. The van der Waals surface area contributed by atoms with Gasteiger partial charge in [0.25, 0.3) is 11.6 Å². The fraction of sp³-hybridized carbons (Fsp3) is 0.235. The molecule has 0 saturated heterocycles. The summed E-state index contributed by atoms with van der Waals surface area (Å²) in [6.45, 7) is 0. The van der Waals surface area contributed by atoms with E-state index in [1.54, 1.807) is 0 Å². The van der Waals surface area contributed by atoms with Crippen molar-refractivity contribution in [2.45, 2.75) is 25.3 Å². The van der Waals surface area contributed by atoms with Crippen molar-refractivity contribution < 1.29 is 9.72 Å². The second-order valence-electron chi connectivity index (χ2n) is 5.42. The molecule has 5 heteroatoms. The van der Waals surface area contributed by atoms with E-state index in [1.807, 2.05) is 12.1 Å². The number of non-ortho nitro benzene ring substituents is 1. The number of aryl methyl sites for hydroxylation is 1. The number of benzene rings is 2. The maximum absolute atomic E-state index is 12.3. The molecular weight excluding hydrogens is 280 g/mol. The average molecular weight is 296 g/mol. The zero-order valence-corrected chi connectivity index (χ0v) is 12.0. The minimum Gasteiger partial charge on any atom is -0.345 e. The van der Waals surface area contributed by atoms with Crippen LogP contribution in [-0.4, -0.2) is 10.8 Å². The van der Waals surface area contributed by atoms with E-state index >= 15 is 0 Å². The van der Waals surface area contributed by atoms with Gasteiger partial charge in [0.2, 0.25) is 0 Å². The van der Waals surface area contributed by atoms with Gasteiger partial charge in [-0.3, -0.25) is 14.9 Å². The Morgan fingerprint density at radius 3 is 2.59 bits per heavy atom. The SMILES string of the molecule is O=C(N[C@@H]1CCCc2ccccc21)c1ccc([N+](=O)[O-])cc1. The lowest BCUT2D eigenvalue weighted by molar-refractivity contribution is -0.384. The van der Waals surface area contributed by atoms with E-state index in [0.29, 0.717) is 5.56 Å². The fourth-order valence-corrected chi connectivity index (χ4v) is 2.88. The van der Waals surface area contributed by atoms with E-state index in [0.717, 1.165) is 19.3 Å². The Hall–Kier alpha value is -2.69. The summed E-state index contributed by atoms with van der Waals surface area (Å²) in [6.07, 6.45) is 3.00. The first kappa shape index (κ1) is 14.3. The van der Waals surface area contributed by atoms with E-state index in [9.17, 15) is 14.9 Å². The van der Waals surface area contributed by atoms with Crippen LogP contribution in [0.3, 0.4) is 0 Å². The van der Waals surface area contributed by atoms with Crippen molar-refractivity contribution in [2.24, 2.45) is 0 Å². The number of hydrogen-bond donors (Lipinski definition) is 1. The number of fused-ring (bicyclic) bond motifs is 1. The molecule has 1 atom stereocenters. The van der Waals surface area contributed by atoms with E-state index in [4.69, 9.17) is 0 Å². The van der Waals surface area contributed by atoms with Crippen LogP contribution in [0.4, 0.5) is 5.69 Å². The molecule has 0 unspecified atom stereocenters. The molecule has 0 bridgehead atoms. The Morgan fingerprint density at radius 2 is 1.86 bits per heavy atom. The predicted molar refractivity (Wildman–Crippen MR) is 82.7 cm³/mol. The Balaban J connectivity index is 1.76. The van der Waals surface area contributed by atoms with Crippen molar-refractivity contribution in [3.8, 4) is 0 Å². The molecule has 5 nitrogen and oxygen atoms in total. The highest BCUT2D eigenvalue weighted by Crippen LogP contribution is 2.29. The molecule has 1 aliphatic rings. The highest BCUT2D eigenvalue weighted by molar-refractivity contribution is 5.94. The average Bonchev–Trinajstić information content (AvgIpc) is 2.55. The molecule has 0 fully saturated rings. The number of nitro groups is 1. The van der Waals surface area contributed by atoms with Crippen LogP contribution in [0.15, 0.2) is 48.5 Å². The number of nitrogens with one attached hydrogen (secondary N) is 1. The highest BCUT2D eigenvalue weighted by atomic mass is 16.6. The van der Waals surface area contributed by atoms with Crippen molar-refractivity contribution in [3.05, 3.63) is 75.3 Å². The third-order valence-electron chi connectivity index (χ3n) is 4.02. The first-order valence-corrected chi connectivity index (χ1v) is 7.28. The smallest absolute Gasteiger partial charge is 0.269 e. The van der Waals surface area contributed by atoms with Gasteiger partial charge in [-0.05, 0) is 42.5 Å². The van der Waals surface area contributed by atoms with Crippen molar-refractivity contribution in [1.82, 2.24) is 5.32 Å². The molecule has 0 aliphatic heterocycles. The molecule has 1 N–H and O–H groups in total. The monoisotopic (exact) mass is 296 g/mol. The van der Waals surface area contributed by atoms with E-state index in [1.165, 1.54) is 35.4 Å². The Kier molecular flexibility index (Phi) is 3.87. The van der Waals surface area contributed by atoms with Crippen LogP contribution in [-0.2, 0) is 6.42 Å². The van der Waals surface area contributed by atoms with Crippen LogP contribution in [0.5, 0.6) is 0 Å². The summed E-state index contributed by atoms with van der Waals surface area (Å²) in [4.78, 5) is 22.5. The summed E-state index contributed by atoms with van der Waals surface area (Å²) >= 11 is 0. The lowest BCUT2D eigenvalue weighted by Crippen LogP contribution is -2.30. The standard InChI is InChI=1S/C17H16N2O3/c20-17(13-8-10-14(11-9-13)19(21)22)18-16-7-3-5-12-4-1-2-6-15(12)16/h1-2,4,6,8-11,16H,3,5,7H2,(H,18,20)/t16-/m1/s1. The molecule has 22 heavy (non-hydrogen) atoms. The number of nitrogens with zero attached hydrogens (tertiary/aromatic N) is 1. The summed E-state index contributed by atoms with van der Waals surface area (Å²) in [5.74, 6) is -0.198. The van der Waals surface area contributed by atoms with Gasteiger partial charge in [0.05, 0.1) is 11.0 Å². The van der Waals surface area contributed by atoms with Crippen molar-refractivity contribution in [2.75, 3.05) is 0 Å². The van der Waals surface area contributed by atoms with E-state index in [-0.39, 0.29) is 17.6 Å². The lowest BCUT2D eigenvalue weighted by Gasteiger charge is -2.26. The minimum absolute atomic E-state index is 0.00708. The number of hydrogen-bond acceptors (Lipinski definition) is 3. The summed E-state index contributed by atoms with van der Waals surface area (Å²) in [5.41, 5.74) is 2.87. The predicted octanol–water partition coefficient (Wildman–Crippen LogP) is 3.40. The van der Waals surface area contributed by atoms with Crippen LogP contribution in [0.25, 0.3) is 0 Å². The molecule has 2 aromatic carbocycles. The first-order chi connectivity index (χ1) is 10.6. The van der Waals surface area contributed by atoms with Gasteiger partial charge in [-0.25, -0.2) is 0 Å². The molecule has 0 heterocycles. The normalized spacial score (nSPS) is 16.6. The molecule has 2 aromatic rings. The zero-order chi connectivity index (χ0) is 15.5. The summed E-state index contributed by atoms with van der Waals surface area (Å²) in [7, 11) is 0. The number of amides is 1. The Labute approximate surface area is 128 Å². The minimum atomic E-state index is -0.473. The van der Waals surface area contributed by atoms with Gasteiger partial charge in [-0.15, -0.1) is 0 Å². The second kappa shape index (κ2) is 5.97. The van der Waals surface area contributed by atoms with Crippen molar-refractivity contribution in [3.63, 3.8) is 0 Å². The van der Waals surface area contributed by atoms with Crippen molar-refractivity contribution in [1.29, 1.82) is 0 Å². The van der Waals surface area contributed by atoms with E-state index in [2.05, 4.69) is 17.4 Å². The summed E-state index contributed by atoms with van der Waals surface area (Å²) in [6, 6.07) is 13.8. The van der Waals surface area contributed by atoms with Gasteiger partial charge < -0.3 is 5.32 Å². The molecule has 1 amide bonds. The molecular formula is C17H16N2O3. The Bertz CT molecular complexity index is 710. The fourth-order valence-electron chi connectivity index (χ4n) is 2.88. The van der Waals surface area contributed by atoms with Crippen LogP contribution in [0.2, 0.25) is 0 Å². The molecule has 1 aliphatic carbocycles. The van der Waals surface area contributed by atoms with Crippen LogP contribution in [0.1, 0.15) is 40.4 Å². The molecule has 112 valence electrons. The van der Waals surface area contributed by atoms with Crippen molar-refractivity contribution >= 4 is 11.6 Å². The number of rotatable bonds is 3. The first-order valence-electron chi connectivity index (χ1n) is 7.28. The zero-order valence-electron chi connectivity index (χ0n) is 12.0. The maximum atomic E-state index is 12.3. The third-order valence-corrected chi connectivity index (χ3v) is 4.02. The largest absolute Gasteiger partial charge is 0.345 e. The Morgan fingerprint density at radius 1 is 1.14 bits per heavy atom. The molecule has 0 spiro atoms. The van der Waals surface area contributed by atoms with Crippen LogP contribution in [0, 0.1) is 10.1 Å². The molecule has 0 aromatic heterocycles. The molecule has 0 radical (unpaired) electrons.